The van der Waals surface area contributed by atoms with Crippen molar-refractivity contribution in [1.82, 2.24) is 15.2 Å². The minimum Gasteiger partial charge on any atom is -0.349 e. The number of pyridine rings is 1. The predicted octanol–water partition coefficient (Wildman–Crippen LogP) is 2.75. The Bertz CT molecular complexity index is 701. The van der Waals surface area contributed by atoms with Gasteiger partial charge in [0.1, 0.15) is 0 Å². The van der Waals surface area contributed by atoms with Crippen molar-refractivity contribution in [2.75, 3.05) is 13.1 Å². The van der Waals surface area contributed by atoms with E-state index in [1.165, 1.54) is 12.1 Å². The molecule has 1 aliphatic heterocycles. The number of carbonyl (C=O) groups is 1. The quantitative estimate of drug-likeness (QED) is 0.937. The smallest absolute Gasteiger partial charge is 0.254 e. The van der Waals surface area contributed by atoms with Crippen molar-refractivity contribution in [3.63, 3.8) is 0 Å². The van der Waals surface area contributed by atoms with E-state index in [2.05, 4.69) is 15.2 Å². The van der Waals surface area contributed by atoms with Crippen LogP contribution in [0.2, 0.25) is 0 Å². The van der Waals surface area contributed by atoms with Gasteiger partial charge in [-0.2, -0.15) is 0 Å². The Morgan fingerprint density at radius 2 is 2.00 bits per heavy atom. The van der Waals surface area contributed by atoms with Crippen molar-refractivity contribution in [3.05, 3.63) is 65.5 Å². The summed E-state index contributed by atoms with van der Waals surface area (Å²) in [5, 5.41) is 2.80. The van der Waals surface area contributed by atoms with Gasteiger partial charge in [-0.25, -0.2) is 8.78 Å². The van der Waals surface area contributed by atoms with E-state index in [0.717, 1.165) is 44.1 Å². The molecule has 1 N–H and O–H groups in total. The summed E-state index contributed by atoms with van der Waals surface area (Å²) in [5.41, 5.74) is 0.912. The number of carbonyl (C=O) groups excluding carboxylic acids is 1. The van der Waals surface area contributed by atoms with E-state index in [-0.39, 0.29) is 11.6 Å². The molecule has 3 rings (SSSR count). The summed E-state index contributed by atoms with van der Waals surface area (Å²) in [6, 6.07) is 7.56. The van der Waals surface area contributed by atoms with Crippen LogP contribution in [0.15, 0.2) is 42.7 Å². The van der Waals surface area contributed by atoms with Crippen LogP contribution in [0.1, 0.15) is 28.8 Å². The fourth-order valence-corrected chi connectivity index (χ4v) is 2.93. The number of aromatic nitrogens is 1. The Labute approximate surface area is 139 Å². The number of halogens is 2. The third kappa shape index (κ3) is 3.94. The van der Waals surface area contributed by atoms with Gasteiger partial charge < -0.3 is 5.32 Å². The average Bonchev–Trinajstić information content (AvgIpc) is 2.60. The van der Waals surface area contributed by atoms with Crippen molar-refractivity contribution < 1.29 is 13.6 Å². The third-order valence-electron chi connectivity index (χ3n) is 4.25. The monoisotopic (exact) mass is 331 g/mol. The molecule has 0 aliphatic carbocycles. The van der Waals surface area contributed by atoms with Gasteiger partial charge in [-0.15, -0.1) is 0 Å². The van der Waals surface area contributed by atoms with Crippen molar-refractivity contribution in [2.45, 2.75) is 25.4 Å². The fourth-order valence-electron chi connectivity index (χ4n) is 2.93. The van der Waals surface area contributed by atoms with Gasteiger partial charge in [0, 0.05) is 38.1 Å². The highest BCUT2D eigenvalue weighted by atomic mass is 19.2. The molecular weight excluding hydrogens is 312 g/mol. The highest BCUT2D eigenvalue weighted by Gasteiger charge is 2.23. The normalized spacial score (nSPS) is 16.1. The number of hydrogen-bond acceptors (Lipinski definition) is 3. The summed E-state index contributed by atoms with van der Waals surface area (Å²) in [7, 11) is 0. The summed E-state index contributed by atoms with van der Waals surface area (Å²) in [6.45, 7) is 2.50. The fraction of sp³-hybridized carbons (Fsp3) is 0.333. The van der Waals surface area contributed by atoms with Crippen LogP contribution in [-0.4, -0.2) is 34.9 Å². The SMILES string of the molecule is O=C(NC1CCN(Cc2cccnc2)CC1)c1cccc(F)c1F. The molecule has 0 unspecified atom stereocenters. The average molecular weight is 331 g/mol. The lowest BCUT2D eigenvalue weighted by Gasteiger charge is -2.32. The number of amides is 1. The lowest BCUT2D eigenvalue weighted by atomic mass is 10.0. The molecule has 24 heavy (non-hydrogen) atoms. The van der Waals surface area contributed by atoms with E-state index >= 15 is 0 Å². The van der Waals surface area contributed by atoms with E-state index in [9.17, 15) is 13.6 Å². The zero-order valence-corrected chi connectivity index (χ0v) is 13.2. The first-order valence-electron chi connectivity index (χ1n) is 7.99. The van der Waals surface area contributed by atoms with Gasteiger partial charge in [-0.1, -0.05) is 12.1 Å². The maximum absolute atomic E-state index is 13.7. The molecule has 1 aliphatic rings. The second kappa shape index (κ2) is 7.49. The first-order valence-corrected chi connectivity index (χ1v) is 7.99. The molecule has 0 spiro atoms. The maximum Gasteiger partial charge on any atom is 0.254 e. The number of benzene rings is 1. The summed E-state index contributed by atoms with van der Waals surface area (Å²) in [6.07, 6.45) is 5.16. The van der Waals surface area contributed by atoms with Gasteiger partial charge >= 0.3 is 0 Å². The van der Waals surface area contributed by atoms with Gasteiger partial charge in [0.2, 0.25) is 0 Å². The third-order valence-corrected chi connectivity index (χ3v) is 4.25. The van der Waals surface area contributed by atoms with E-state index in [1.54, 1.807) is 6.20 Å². The van der Waals surface area contributed by atoms with Crippen LogP contribution in [-0.2, 0) is 6.54 Å². The lowest BCUT2D eigenvalue weighted by Crippen LogP contribution is -2.44. The summed E-state index contributed by atoms with van der Waals surface area (Å²) < 4.78 is 26.9. The molecule has 1 fully saturated rings. The van der Waals surface area contributed by atoms with Gasteiger partial charge in [0.15, 0.2) is 11.6 Å². The number of nitrogens with one attached hydrogen (secondary N) is 1. The van der Waals surface area contributed by atoms with Crippen LogP contribution in [0.3, 0.4) is 0 Å². The second-order valence-corrected chi connectivity index (χ2v) is 5.99. The molecule has 0 saturated carbocycles. The summed E-state index contributed by atoms with van der Waals surface area (Å²) >= 11 is 0. The van der Waals surface area contributed by atoms with Crippen molar-refractivity contribution in [1.29, 1.82) is 0 Å². The number of nitrogens with zero attached hydrogens (tertiary/aromatic N) is 2. The van der Waals surface area contributed by atoms with E-state index in [4.69, 9.17) is 0 Å². The predicted molar refractivity (Wildman–Crippen MR) is 86.4 cm³/mol. The van der Waals surface area contributed by atoms with Crippen molar-refractivity contribution in [2.24, 2.45) is 0 Å². The zero-order chi connectivity index (χ0) is 16.9. The molecule has 0 bridgehead atoms. The highest BCUT2D eigenvalue weighted by Crippen LogP contribution is 2.16. The number of hydrogen-bond donors (Lipinski definition) is 1. The topological polar surface area (TPSA) is 45.2 Å². The van der Waals surface area contributed by atoms with Gasteiger partial charge in [0.25, 0.3) is 5.91 Å². The van der Waals surface area contributed by atoms with E-state index in [1.807, 2.05) is 18.3 Å². The highest BCUT2D eigenvalue weighted by molar-refractivity contribution is 5.94. The van der Waals surface area contributed by atoms with Gasteiger partial charge in [0.05, 0.1) is 5.56 Å². The maximum atomic E-state index is 13.7. The van der Waals surface area contributed by atoms with Crippen LogP contribution in [0.25, 0.3) is 0 Å². The Kier molecular flexibility index (Phi) is 5.15. The number of rotatable bonds is 4. The summed E-state index contributed by atoms with van der Waals surface area (Å²) in [5.74, 6) is -2.66. The largest absolute Gasteiger partial charge is 0.349 e. The molecule has 0 atom stereocenters. The second-order valence-electron chi connectivity index (χ2n) is 5.99. The molecule has 1 saturated heterocycles. The molecule has 1 aromatic heterocycles. The summed E-state index contributed by atoms with van der Waals surface area (Å²) in [4.78, 5) is 18.5. The standard InChI is InChI=1S/C18H19F2N3O/c19-16-5-1-4-15(17(16)20)18(24)22-14-6-9-23(10-7-14)12-13-3-2-8-21-11-13/h1-5,8,11,14H,6-7,9-10,12H2,(H,22,24). The first-order chi connectivity index (χ1) is 11.6. The van der Waals surface area contributed by atoms with Crippen LogP contribution >= 0.6 is 0 Å². The van der Waals surface area contributed by atoms with Crippen molar-refractivity contribution in [3.8, 4) is 0 Å². The molecule has 2 heterocycles. The lowest BCUT2D eigenvalue weighted by molar-refractivity contribution is 0.0904. The molecule has 1 amide bonds. The molecular formula is C18H19F2N3O. The van der Waals surface area contributed by atoms with E-state index in [0.29, 0.717) is 0 Å². The first kappa shape index (κ1) is 16.5. The molecule has 6 heteroatoms. The molecule has 126 valence electrons. The Hall–Kier alpha value is -2.34. The number of piperidine rings is 1. The molecule has 0 radical (unpaired) electrons. The minimum atomic E-state index is -1.09. The minimum absolute atomic E-state index is 0.0229. The molecule has 4 nitrogen and oxygen atoms in total. The Morgan fingerprint density at radius 3 is 2.71 bits per heavy atom. The molecule has 2 aromatic rings. The van der Waals surface area contributed by atoms with E-state index < -0.39 is 17.5 Å². The van der Waals surface area contributed by atoms with Crippen LogP contribution < -0.4 is 5.32 Å². The van der Waals surface area contributed by atoms with Crippen LogP contribution in [0, 0.1) is 11.6 Å². The van der Waals surface area contributed by atoms with Crippen molar-refractivity contribution >= 4 is 5.91 Å². The Morgan fingerprint density at radius 1 is 1.21 bits per heavy atom. The van der Waals surface area contributed by atoms with Gasteiger partial charge in [-0.05, 0) is 36.6 Å². The Balaban J connectivity index is 1.52. The van der Waals surface area contributed by atoms with Crippen LogP contribution in [0.5, 0.6) is 0 Å². The van der Waals surface area contributed by atoms with Crippen LogP contribution in [0.4, 0.5) is 8.78 Å². The molecule has 1 aromatic carbocycles. The van der Waals surface area contributed by atoms with Gasteiger partial charge in [-0.3, -0.25) is 14.7 Å². The number of likely N-dealkylation sites (tertiary alicyclic amines) is 1. The zero-order valence-electron chi connectivity index (χ0n) is 13.2.